The van der Waals surface area contributed by atoms with E-state index in [1.807, 2.05) is 29.7 Å². The van der Waals surface area contributed by atoms with Crippen LogP contribution in [-0.2, 0) is 32.6 Å². The smallest absolute Gasteiger partial charge is 0.297 e. The van der Waals surface area contributed by atoms with Gasteiger partial charge in [-0.25, -0.2) is 4.79 Å². The molecule has 1 fully saturated rings. The molecule has 1 aromatic heterocycles. The zero-order valence-corrected chi connectivity index (χ0v) is 15.5. The van der Waals surface area contributed by atoms with Crippen LogP contribution >= 0.6 is 0 Å². The van der Waals surface area contributed by atoms with Crippen molar-refractivity contribution in [2.75, 3.05) is 6.54 Å². The summed E-state index contributed by atoms with van der Waals surface area (Å²) in [7, 11) is 0. The Hall–Kier alpha value is -2.14. The highest BCUT2D eigenvalue weighted by Crippen LogP contribution is 2.27. The van der Waals surface area contributed by atoms with Crippen molar-refractivity contribution in [1.29, 1.82) is 0 Å². The van der Waals surface area contributed by atoms with Crippen molar-refractivity contribution in [3.8, 4) is 0 Å². The minimum absolute atomic E-state index is 0.0561. The molecule has 0 saturated heterocycles. The van der Waals surface area contributed by atoms with Crippen LogP contribution in [0.15, 0.2) is 39.9 Å². The fourth-order valence-electron chi connectivity index (χ4n) is 4.21. The predicted octanol–water partition coefficient (Wildman–Crippen LogP) is 2.39. The molecule has 1 saturated carbocycles. The lowest BCUT2D eigenvalue weighted by molar-refractivity contribution is 0.230. The number of aromatic nitrogens is 2. The van der Waals surface area contributed by atoms with Gasteiger partial charge in [0.15, 0.2) is 0 Å². The Kier molecular flexibility index (Phi) is 4.81. The van der Waals surface area contributed by atoms with E-state index in [-0.39, 0.29) is 11.2 Å². The van der Waals surface area contributed by atoms with E-state index in [2.05, 4.69) is 17.0 Å². The first-order valence-corrected chi connectivity index (χ1v) is 9.79. The first-order chi connectivity index (χ1) is 12.7. The maximum Gasteiger partial charge on any atom is 0.331 e. The molecule has 2 aliphatic rings. The quantitative estimate of drug-likeness (QED) is 0.829. The molecule has 2 heterocycles. The maximum absolute atomic E-state index is 13.1. The van der Waals surface area contributed by atoms with Gasteiger partial charge in [-0.3, -0.25) is 18.8 Å². The molecule has 138 valence electrons. The van der Waals surface area contributed by atoms with Crippen molar-refractivity contribution in [3.63, 3.8) is 0 Å². The molecule has 0 N–H and O–H groups in total. The minimum atomic E-state index is -0.111. The molecular formula is C21H27N3O2. The Morgan fingerprint density at radius 2 is 1.85 bits per heavy atom. The molecule has 0 spiro atoms. The van der Waals surface area contributed by atoms with Crippen molar-refractivity contribution in [1.82, 2.24) is 14.0 Å². The molecule has 0 radical (unpaired) electrons. The summed E-state index contributed by atoms with van der Waals surface area (Å²) in [5, 5.41) is 0. The lowest BCUT2D eigenvalue weighted by Gasteiger charge is -2.31. The molecule has 4 rings (SSSR count). The predicted molar refractivity (Wildman–Crippen MR) is 102 cm³/mol. The number of hydrogen-bond acceptors (Lipinski definition) is 3. The zero-order chi connectivity index (χ0) is 18.1. The van der Waals surface area contributed by atoms with Crippen molar-refractivity contribution >= 4 is 0 Å². The summed E-state index contributed by atoms with van der Waals surface area (Å²) in [6.07, 6.45) is 4.26. The van der Waals surface area contributed by atoms with Crippen LogP contribution in [-0.4, -0.2) is 20.6 Å². The lowest BCUT2D eigenvalue weighted by atomic mass is 9.85. The van der Waals surface area contributed by atoms with E-state index in [0.717, 1.165) is 43.6 Å². The highest BCUT2D eigenvalue weighted by Gasteiger charge is 2.27. The molecule has 1 aliphatic carbocycles. The summed E-state index contributed by atoms with van der Waals surface area (Å²) >= 11 is 0. The number of nitrogens with zero attached hydrogens (tertiary/aromatic N) is 3. The summed E-state index contributed by atoms with van der Waals surface area (Å²) in [4.78, 5) is 28.3. The molecule has 0 atom stereocenters. The van der Waals surface area contributed by atoms with Gasteiger partial charge < -0.3 is 0 Å². The zero-order valence-electron chi connectivity index (χ0n) is 15.5. The third-order valence-electron chi connectivity index (χ3n) is 5.92. The summed E-state index contributed by atoms with van der Waals surface area (Å²) in [5.41, 5.74) is 2.87. The SMILES string of the molecule is CCn1c2c(c(=O)n(CC3CCC3)c1=O)CN(Cc1ccccc1)CC2. The van der Waals surface area contributed by atoms with E-state index in [9.17, 15) is 9.59 Å². The number of rotatable bonds is 5. The average molecular weight is 353 g/mol. The molecule has 26 heavy (non-hydrogen) atoms. The van der Waals surface area contributed by atoms with E-state index in [1.165, 1.54) is 16.6 Å². The first kappa shape index (κ1) is 17.3. The van der Waals surface area contributed by atoms with Gasteiger partial charge in [-0.05, 0) is 31.2 Å². The van der Waals surface area contributed by atoms with Gasteiger partial charge in [0.05, 0.1) is 5.56 Å². The van der Waals surface area contributed by atoms with Gasteiger partial charge in [-0.1, -0.05) is 36.8 Å². The second-order valence-corrected chi connectivity index (χ2v) is 7.61. The summed E-state index contributed by atoms with van der Waals surface area (Å²) in [6.45, 7) is 5.57. The molecule has 0 amide bonds. The molecular weight excluding hydrogens is 326 g/mol. The molecule has 0 bridgehead atoms. The first-order valence-electron chi connectivity index (χ1n) is 9.79. The van der Waals surface area contributed by atoms with Gasteiger partial charge in [0.1, 0.15) is 0 Å². The maximum atomic E-state index is 13.1. The highest BCUT2D eigenvalue weighted by molar-refractivity contribution is 5.23. The Bertz CT molecular complexity index is 894. The lowest BCUT2D eigenvalue weighted by Crippen LogP contribution is -2.48. The van der Waals surface area contributed by atoms with Crippen molar-refractivity contribution in [2.45, 2.75) is 58.8 Å². The van der Waals surface area contributed by atoms with Crippen LogP contribution < -0.4 is 11.2 Å². The summed E-state index contributed by atoms with van der Waals surface area (Å²) < 4.78 is 3.34. The topological polar surface area (TPSA) is 47.2 Å². The van der Waals surface area contributed by atoms with Gasteiger partial charge in [0.2, 0.25) is 0 Å². The van der Waals surface area contributed by atoms with Crippen LogP contribution in [0.3, 0.4) is 0 Å². The van der Waals surface area contributed by atoms with Crippen LogP contribution in [0, 0.1) is 5.92 Å². The van der Waals surface area contributed by atoms with E-state index in [1.54, 1.807) is 0 Å². The number of hydrogen-bond donors (Lipinski definition) is 0. The minimum Gasteiger partial charge on any atom is -0.297 e. The fraction of sp³-hybridized carbons (Fsp3) is 0.524. The van der Waals surface area contributed by atoms with E-state index in [4.69, 9.17) is 0 Å². The van der Waals surface area contributed by atoms with Crippen LogP contribution in [0.5, 0.6) is 0 Å². The number of benzene rings is 1. The molecule has 1 aromatic carbocycles. The van der Waals surface area contributed by atoms with E-state index in [0.29, 0.717) is 25.6 Å². The number of fused-ring (bicyclic) bond motifs is 1. The molecule has 2 aromatic rings. The third-order valence-corrected chi connectivity index (χ3v) is 5.92. The fourth-order valence-corrected chi connectivity index (χ4v) is 4.21. The average Bonchev–Trinajstić information content (AvgIpc) is 2.62. The van der Waals surface area contributed by atoms with Crippen molar-refractivity contribution in [2.24, 2.45) is 5.92 Å². The Balaban J connectivity index is 1.67. The summed E-state index contributed by atoms with van der Waals surface area (Å²) in [5.74, 6) is 0.493. The monoisotopic (exact) mass is 353 g/mol. The Morgan fingerprint density at radius 1 is 1.08 bits per heavy atom. The molecule has 1 aliphatic heterocycles. The largest absolute Gasteiger partial charge is 0.331 e. The second kappa shape index (κ2) is 7.23. The van der Waals surface area contributed by atoms with Gasteiger partial charge in [0, 0.05) is 44.8 Å². The van der Waals surface area contributed by atoms with Crippen LogP contribution in [0.2, 0.25) is 0 Å². The van der Waals surface area contributed by atoms with Crippen LogP contribution in [0.1, 0.15) is 43.0 Å². The molecule has 0 unspecified atom stereocenters. The summed E-state index contributed by atoms with van der Waals surface area (Å²) in [6, 6.07) is 10.4. The van der Waals surface area contributed by atoms with Crippen LogP contribution in [0.4, 0.5) is 0 Å². The van der Waals surface area contributed by atoms with Crippen LogP contribution in [0.25, 0.3) is 0 Å². The van der Waals surface area contributed by atoms with Gasteiger partial charge in [-0.2, -0.15) is 0 Å². The Labute approximate surface area is 153 Å². The molecule has 5 nitrogen and oxygen atoms in total. The standard InChI is InChI=1S/C21H27N3O2/c1-2-23-19-11-12-22(13-16-7-4-3-5-8-16)15-18(19)20(25)24(21(23)26)14-17-9-6-10-17/h3-5,7-8,17H,2,6,9-15H2,1H3. The normalized spacial score (nSPS) is 17.7. The van der Waals surface area contributed by atoms with Gasteiger partial charge >= 0.3 is 5.69 Å². The molecule has 5 heteroatoms. The van der Waals surface area contributed by atoms with Crippen molar-refractivity contribution < 1.29 is 0 Å². The second-order valence-electron chi connectivity index (χ2n) is 7.61. The third kappa shape index (κ3) is 3.16. The van der Waals surface area contributed by atoms with E-state index < -0.39 is 0 Å². The van der Waals surface area contributed by atoms with Gasteiger partial charge in [-0.15, -0.1) is 0 Å². The van der Waals surface area contributed by atoms with E-state index >= 15 is 0 Å². The highest BCUT2D eigenvalue weighted by atomic mass is 16.2. The Morgan fingerprint density at radius 3 is 2.50 bits per heavy atom. The van der Waals surface area contributed by atoms with Crippen molar-refractivity contribution in [3.05, 3.63) is 68.0 Å². The van der Waals surface area contributed by atoms with Gasteiger partial charge in [0.25, 0.3) is 5.56 Å².